The Bertz CT molecular complexity index is 1100. The topological polar surface area (TPSA) is 86.8 Å². The lowest BCUT2D eigenvalue weighted by Crippen LogP contribution is -2.52. The smallest absolute Gasteiger partial charge is 0.244 e. The molecule has 0 aliphatic rings. The minimum absolute atomic E-state index is 0.00686. The molecule has 186 valence electrons. The zero-order chi connectivity index (χ0) is 25.3. The first kappa shape index (κ1) is 27.6. The highest BCUT2D eigenvalue weighted by Crippen LogP contribution is 2.24. The summed E-state index contributed by atoms with van der Waals surface area (Å²) in [6, 6.07) is 11.4. The number of nitrogens with zero attached hydrogens (tertiary/aromatic N) is 2. The molecule has 1 N–H and O–H groups in total. The molecule has 10 heteroatoms. The molecule has 0 fully saturated rings. The number of hydrogen-bond acceptors (Lipinski definition) is 4. The summed E-state index contributed by atoms with van der Waals surface area (Å²) < 4.78 is 40.1. The molecule has 0 bridgehead atoms. The number of rotatable bonds is 12. The van der Waals surface area contributed by atoms with Crippen molar-refractivity contribution in [3.05, 3.63) is 64.9 Å². The summed E-state index contributed by atoms with van der Waals surface area (Å²) in [6.45, 7) is 3.56. The molecule has 2 aromatic carbocycles. The van der Waals surface area contributed by atoms with Crippen molar-refractivity contribution < 1.29 is 22.4 Å². The van der Waals surface area contributed by atoms with Gasteiger partial charge < -0.3 is 10.2 Å². The number of halogens is 2. The second-order valence-electron chi connectivity index (χ2n) is 7.90. The fourth-order valence-electron chi connectivity index (χ4n) is 3.48. The molecule has 0 radical (unpaired) electrons. The van der Waals surface area contributed by atoms with Gasteiger partial charge in [0.25, 0.3) is 0 Å². The number of nitrogens with one attached hydrogen (secondary N) is 1. The van der Waals surface area contributed by atoms with Crippen LogP contribution >= 0.6 is 11.6 Å². The highest BCUT2D eigenvalue weighted by molar-refractivity contribution is 7.92. The van der Waals surface area contributed by atoms with Crippen LogP contribution in [0.1, 0.15) is 38.7 Å². The molecule has 2 amide bonds. The van der Waals surface area contributed by atoms with E-state index in [9.17, 15) is 22.4 Å². The molecule has 0 aliphatic heterocycles. The van der Waals surface area contributed by atoms with Crippen LogP contribution in [-0.2, 0) is 26.2 Å². The standard InChI is InChI=1S/C24H31ClFN3O4S/c1-4-6-15-27-24(31)21(5-2)28(16-18-11-7-8-12-19(18)25)23(30)17-29(34(3,32)33)22-14-10-9-13-20(22)26/h7-14,21H,4-6,15-17H2,1-3H3,(H,27,31)/t21-/m1/s1. The van der Waals surface area contributed by atoms with Crippen molar-refractivity contribution >= 4 is 39.1 Å². The molecule has 0 saturated heterocycles. The van der Waals surface area contributed by atoms with Crippen LogP contribution in [0.25, 0.3) is 0 Å². The number of hydrogen-bond donors (Lipinski definition) is 1. The average molecular weight is 512 g/mol. The third-order valence-electron chi connectivity index (χ3n) is 5.31. The number of carbonyl (C=O) groups is 2. The number of benzene rings is 2. The van der Waals surface area contributed by atoms with Crippen LogP contribution in [0.3, 0.4) is 0 Å². The normalized spacial score (nSPS) is 12.1. The molecule has 2 rings (SSSR count). The maximum atomic E-state index is 14.4. The quantitative estimate of drug-likeness (QED) is 0.437. The third kappa shape index (κ3) is 7.43. The molecule has 34 heavy (non-hydrogen) atoms. The molecule has 0 heterocycles. The number of carbonyl (C=O) groups excluding carboxylic acids is 2. The number of sulfonamides is 1. The maximum Gasteiger partial charge on any atom is 0.244 e. The Morgan fingerprint density at radius 1 is 1.09 bits per heavy atom. The largest absolute Gasteiger partial charge is 0.354 e. The summed E-state index contributed by atoms with van der Waals surface area (Å²) in [4.78, 5) is 27.8. The monoisotopic (exact) mass is 511 g/mol. The van der Waals surface area contributed by atoms with Gasteiger partial charge in [-0.1, -0.05) is 62.2 Å². The van der Waals surface area contributed by atoms with Crippen molar-refractivity contribution in [2.45, 2.75) is 45.7 Å². The van der Waals surface area contributed by atoms with Crippen molar-refractivity contribution in [3.63, 3.8) is 0 Å². The van der Waals surface area contributed by atoms with Gasteiger partial charge in [-0.2, -0.15) is 0 Å². The van der Waals surface area contributed by atoms with E-state index in [4.69, 9.17) is 11.6 Å². The van der Waals surface area contributed by atoms with Gasteiger partial charge in [0.1, 0.15) is 18.4 Å². The van der Waals surface area contributed by atoms with Gasteiger partial charge in [-0.3, -0.25) is 13.9 Å². The molecule has 0 aromatic heterocycles. The summed E-state index contributed by atoms with van der Waals surface area (Å²) >= 11 is 6.30. The number of para-hydroxylation sites is 1. The molecular formula is C24H31ClFN3O4S. The zero-order valence-electron chi connectivity index (χ0n) is 19.6. The van der Waals surface area contributed by atoms with Gasteiger partial charge in [-0.15, -0.1) is 0 Å². The van der Waals surface area contributed by atoms with E-state index in [-0.39, 0.29) is 18.1 Å². The first-order valence-electron chi connectivity index (χ1n) is 11.1. The minimum Gasteiger partial charge on any atom is -0.354 e. The lowest BCUT2D eigenvalue weighted by Gasteiger charge is -2.33. The van der Waals surface area contributed by atoms with Crippen molar-refractivity contribution in [2.75, 3.05) is 23.7 Å². The fraction of sp³-hybridized carbons (Fsp3) is 0.417. The molecule has 0 aliphatic carbocycles. The van der Waals surface area contributed by atoms with Crippen LogP contribution < -0.4 is 9.62 Å². The van der Waals surface area contributed by atoms with Gasteiger partial charge in [0, 0.05) is 18.1 Å². The van der Waals surface area contributed by atoms with Gasteiger partial charge in [0.05, 0.1) is 11.9 Å². The Hall–Kier alpha value is -2.65. The van der Waals surface area contributed by atoms with E-state index < -0.39 is 34.3 Å². The van der Waals surface area contributed by atoms with E-state index in [0.29, 0.717) is 27.9 Å². The van der Waals surface area contributed by atoms with Crippen LogP contribution in [0.4, 0.5) is 10.1 Å². The van der Waals surface area contributed by atoms with E-state index in [1.165, 1.54) is 23.1 Å². The Labute approximate surface area is 205 Å². The molecule has 2 aromatic rings. The van der Waals surface area contributed by atoms with Crippen LogP contribution in [0.15, 0.2) is 48.5 Å². The van der Waals surface area contributed by atoms with Crippen molar-refractivity contribution in [1.82, 2.24) is 10.2 Å². The van der Waals surface area contributed by atoms with Gasteiger partial charge in [0.2, 0.25) is 21.8 Å². The Morgan fingerprint density at radius 3 is 2.32 bits per heavy atom. The lowest BCUT2D eigenvalue weighted by molar-refractivity contribution is -0.140. The fourth-order valence-corrected chi connectivity index (χ4v) is 4.53. The summed E-state index contributed by atoms with van der Waals surface area (Å²) in [5.41, 5.74) is 0.366. The number of anilines is 1. The summed E-state index contributed by atoms with van der Waals surface area (Å²) in [5, 5.41) is 3.25. The van der Waals surface area contributed by atoms with Crippen LogP contribution in [-0.4, -0.2) is 50.5 Å². The average Bonchev–Trinajstić information content (AvgIpc) is 2.78. The van der Waals surface area contributed by atoms with Crippen molar-refractivity contribution in [2.24, 2.45) is 0 Å². The molecule has 0 spiro atoms. The van der Waals surface area contributed by atoms with Crippen LogP contribution in [0.5, 0.6) is 0 Å². The first-order valence-corrected chi connectivity index (χ1v) is 13.4. The van der Waals surface area contributed by atoms with Crippen LogP contribution in [0, 0.1) is 5.82 Å². The molecule has 0 unspecified atom stereocenters. The third-order valence-corrected chi connectivity index (χ3v) is 6.81. The van der Waals surface area contributed by atoms with Gasteiger partial charge >= 0.3 is 0 Å². The number of unbranched alkanes of at least 4 members (excludes halogenated alkanes) is 1. The predicted molar refractivity (Wildman–Crippen MR) is 133 cm³/mol. The Balaban J connectivity index is 2.43. The predicted octanol–water partition coefficient (Wildman–Crippen LogP) is 3.97. The van der Waals surface area contributed by atoms with Gasteiger partial charge in [-0.05, 0) is 36.6 Å². The van der Waals surface area contributed by atoms with Crippen LogP contribution in [0.2, 0.25) is 5.02 Å². The summed E-state index contributed by atoms with van der Waals surface area (Å²) in [7, 11) is -4.00. The Morgan fingerprint density at radius 2 is 1.74 bits per heavy atom. The van der Waals surface area contributed by atoms with E-state index >= 15 is 0 Å². The summed E-state index contributed by atoms with van der Waals surface area (Å²) in [5.74, 6) is -1.76. The molecule has 1 atom stereocenters. The molecular weight excluding hydrogens is 481 g/mol. The SMILES string of the molecule is CCCCNC(=O)[C@@H](CC)N(Cc1ccccc1Cl)C(=O)CN(c1ccccc1F)S(C)(=O)=O. The lowest BCUT2D eigenvalue weighted by atomic mass is 10.1. The van der Waals surface area contributed by atoms with Gasteiger partial charge in [0.15, 0.2) is 0 Å². The van der Waals surface area contributed by atoms with Crippen molar-refractivity contribution in [3.8, 4) is 0 Å². The van der Waals surface area contributed by atoms with E-state index in [1.807, 2.05) is 6.92 Å². The zero-order valence-corrected chi connectivity index (χ0v) is 21.2. The van der Waals surface area contributed by atoms with E-state index in [2.05, 4.69) is 5.32 Å². The first-order chi connectivity index (χ1) is 16.1. The summed E-state index contributed by atoms with van der Waals surface area (Å²) in [6.07, 6.45) is 2.88. The number of amides is 2. The van der Waals surface area contributed by atoms with Gasteiger partial charge in [-0.25, -0.2) is 12.8 Å². The molecule has 7 nitrogen and oxygen atoms in total. The maximum absolute atomic E-state index is 14.4. The van der Waals surface area contributed by atoms with E-state index in [1.54, 1.807) is 31.2 Å². The van der Waals surface area contributed by atoms with E-state index in [0.717, 1.165) is 25.2 Å². The highest BCUT2D eigenvalue weighted by Gasteiger charge is 2.32. The second kappa shape index (κ2) is 12.7. The molecule has 0 saturated carbocycles. The highest BCUT2D eigenvalue weighted by atomic mass is 35.5. The van der Waals surface area contributed by atoms with Crippen molar-refractivity contribution in [1.29, 1.82) is 0 Å². The minimum atomic E-state index is -4.00. The second-order valence-corrected chi connectivity index (χ2v) is 10.2. The Kier molecular flexibility index (Phi) is 10.3.